The number of rotatable bonds is 6. The summed E-state index contributed by atoms with van der Waals surface area (Å²) in [5, 5.41) is 5.75. The lowest BCUT2D eigenvalue weighted by Crippen LogP contribution is -2.45. The Bertz CT molecular complexity index is 323. The lowest BCUT2D eigenvalue weighted by Gasteiger charge is -2.41. The fourth-order valence-electron chi connectivity index (χ4n) is 2.35. The summed E-state index contributed by atoms with van der Waals surface area (Å²) in [5.74, 6) is 0. The summed E-state index contributed by atoms with van der Waals surface area (Å²) in [6, 6.07) is 2.20. The second-order valence-corrected chi connectivity index (χ2v) is 6.01. The molecule has 1 aliphatic rings. The minimum atomic E-state index is 0.435. The van der Waals surface area contributed by atoms with Crippen LogP contribution in [0.4, 0.5) is 0 Å². The van der Waals surface area contributed by atoms with Crippen molar-refractivity contribution in [3.63, 3.8) is 0 Å². The summed E-state index contributed by atoms with van der Waals surface area (Å²) < 4.78 is 0. The van der Waals surface area contributed by atoms with Crippen LogP contribution in [0.15, 0.2) is 11.4 Å². The molecule has 16 heavy (non-hydrogen) atoms. The molecular weight excluding hydrogens is 216 g/mol. The van der Waals surface area contributed by atoms with Crippen molar-refractivity contribution in [3.8, 4) is 0 Å². The minimum absolute atomic E-state index is 0.435. The van der Waals surface area contributed by atoms with Gasteiger partial charge < -0.3 is 11.1 Å². The molecule has 2 nitrogen and oxygen atoms in total. The molecular formula is C13H22N2S. The molecule has 0 amide bonds. The van der Waals surface area contributed by atoms with Gasteiger partial charge in [-0.1, -0.05) is 6.42 Å². The molecule has 0 aromatic carbocycles. The summed E-state index contributed by atoms with van der Waals surface area (Å²) in [4.78, 5) is 1.52. The van der Waals surface area contributed by atoms with Gasteiger partial charge in [0.1, 0.15) is 0 Å². The van der Waals surface area contributed by atoms with Gasteiger partial charge in [0.05, 0.1) is 0 Å². The molecule has 3 N–H and O–H groups in total. The van der Waals surface area contributed by atoms with Gasteiger partial charge in [0.25, 0.3) is 0 Å². The first-order valence-corrected chi connectivity index (χ1v) is 7.07. The molecule has 3 heteroatoms. The van der Waals surface area contributed by atoms with Gasteiger partial charge in [-0.3, -0.25) is 0 Å². The minimum Gasteiger partial charge on any atom is -0.330 e. The van der Waals surface area contributed by atoms with E-state index in [2.05, 4.69) is 23.7 Å². The van der Waals surface area contributed by atoms with E-state index in [9.17, 15) is 0 Å². The summed E-state index contributed by atoms with van der Waals surface area (Å²) >= 11 is 1.87. The molecule has 0 saturated heterocycles. The molecule has 0 radical (unpaired) electrons. The monoisotopic (exact) mass is 238 g/mol. The van der Waals surface area contributed by atoms with Crippen molar-refractivity contribution in [2.45, 2.75) is 32.6 Å². The standard InChI is InChI=1S/C13H22N2S/c1-11-4-8-16-12(11)3-7-15-10-13(9-14)5-2-6-13/h4,8,15H,2-3,5-7,9-10,14H2,1H3. The van der Waals surface area contributed by atoms with Crippen molar-refractivity contribution in [3.05, 3.63) is 21.9 Å². The number of hydrogen-bond donors (Lipinski definition) is 2. The zero-order valence-corrected chi connectivity index (χ0v) is 10.9. The van der Waals surface area contributed by atoms with Gasteiger partial charge >= 0.3 is 0 Å². The fourth-order valence-corrected chi connectivity index (χ4v) is 3.26. The highest BCUT2D eigenvalue weighted by molar-refractivity contribution is 7.10. The van der Waals surface area contributed by atoms with E-state index in [-0.39, 0.29) is 0 Å². The van der Waals surface area contributed by atoms with Crippen LogP contribution in [0, 0.1) is 12.3 Å². The van der Waals surface area contributed by atoms with E-state index in [1.54, 1.807) is 0 Å². The van der Waals surface area contributed by atoms with Crippen LogP contribution in [0.25, 0.3) is 0 Å². The van der Waals surface area contributed by atoms with Crippen molar-refractivity contribution < 1.29 is 0 Å². The second-order valence-electron chi connectivity index (χ2n) is 5.01. The SMILES string of the molecule is Cc1ccsc1CCNCC1(CN)CCC1. The molecule has 1 fully saturated rings. The fraction of sp³-hybridized carbons (Fsp3) is 0.692. The van der Waals surface area contributed by atoms with E-state index in [0.29, 0.717) is 5.41 Å². The third-order valence-electron chi connectivity index (χ3n) is 3.84. The highest BCUT2D eigenvalue weighted by atomic mass is 32.1. The third kappa shape index (κ3) is 2.65. The van der Waals surface area contributed by atoms with Crippen molar-refractivity contribution in [2.75, 3.05) is 19.6 Å². The van der Waals surface area contributed by atoms with E-state index < -0.39 is 0 Å². The average molecular weight is 238 g/mol. The molecule has 1 aromatic heterocycles. The molecule has 90 valence electrons. The molecule has 0 unspecified atom stereocenters. The molecule has 2 rings (SSSR count). The van der Waals surface area contributed by atoms with Crippen LogP contribution in [0.2, 0.25) is 0 Å². The van der Waals surface area contributed by atoms with Gasteiger partial charge in [-0.15, -0.1) is 11.3 Å². The smallest absolute Gasteiger partial charge is 0.00870 e. The van der Waals surface area contributed by atoms with Crippen LogP contribution in [0.3, 0.4) is 0 Å². The number of nitrogens with two attached hydrogens (primary N) is 1. The lowest BCUT2D eigenvalue weighted by molar-refractivity contribution is 0.142. The van der Waals surface area contributed by atoms with Crippen molar-refractivity contribution in [1.29, 1.82) is 0 Å². The maximum atomic E-state index is 5.83. The highest BCUT2D eigenvalue weighted by Crippen LogP contribution is 2.39. The van der Waals surface area contributed by atoms with Crippen molar-refractivity contribution in [2.24, 2.45) is 11.1 Å². The molecule has 1 aromatic rings. The zero-order valence-electron chi connectivity index (χ0n) is 10.1. The number of nitrogens with one attached hydrogen (secondary N) is 1. The summed E-state index contributed by atoms with van der Waals surface area (Å²) in [5.41, 5.74) is 7.70. The Morgan fingerprint density at radius 3 is 2.81 bits per heavy atom. The third-order valence-corrected chi connectivity index (χ3v) is 4.93. The Morgan fingerprint density at radius 1 is 1.50 bits per heavy atom. The maximum absolute atomic E-state index is 5.83. The Balaban J connectivity index is 1.67. The average Bonchev–Trinajstić information content (AvgIpc) is 2.62. The molecule has 0 aliphatic heterocycles. The highest BCUT2D eigenvalue weighted by Gasteiger charge is 2.34. The van der Waals surface area contributed by atoms with E-state index >= 15 is 0 Å². The lowest BCUT2D eigenvalue weighted by atomic mass is 9.69. The summed E-state index contributed by atoms with van der Waals surface area (Å²) in [7, 11) is 0. The molecule has 1 saturated carbocycles. The Labute approximate surface area is 102 Å². The maximum Gasteiger partial charge on any atom is 0.00870 e. The molecule has 0 atom stereocenters. The molecule has 1 heterocycles. The number of hydrogen-bond acceptors (Lipinski definition) is 3. The Hall–Kier alpha value is -0.380. The summed E-state index contributed by atoms with van der Waals surface area (Å²) in [6.45, 7) is 5.23. The van der Waals surface area contributed by atoms with E-state index in [1.807, 2.05) is 11.3 Å². The first-order chi connectivity index (χ1) is 7.76. The zero-order chi connectivity index (χ0) is 11.4. The van der Waals surface area contributed by atoms with Gasteiger partial charge in [0.15, 0.2) is 0 Å². The summed E-state index contributed by atoms with van der Waals surface area (Å²) in [6.07, 6.45) is 5.15. The van der Waals surface area contributed by atoms with E-state index in [4.69, 9.17) is 5.73 Å². The predicted octanol–water partition coefficient (Wildman–Crippen LogP) is 2.32. The molecule has 0 spiro atoms. The van der Waals surface area contributed by atoms with Gasteiger partial charge in [-0.05, 0) is 61.7 Å². The first-order valence-electron chi connectivity index (χ1n) is 6.19. The van der Waals surface area contributed by atoms with Crippen molar-refractivity contribution in [1.82, 2.24) is 5.32 Å². The largest absolute Gasteiger partial charge is 0.330 e. The van der Waals surface area contributed by atoms with E-state index in [1.165, 1.54) is 29.7 Å². The normalized spacial score (nSPS) is 18.4. The van der Waals surface area contributed by atoms with Crippen LogP contribution in [-0.4, -0.2) is 19.6 Å². The van der Waals surface area contributed by atoms with Crippen molar-refractivity contribution >= 4 is 11.3 Å². The quantitative estimate of drug-likeness (QED) is 0.746. The van der Waals surface area contributed by atoms with Crippen LogP contribution >= 0.6 is 11.3 Å². The van der Waals surface area contributed by atoms with Crippen LogP contribution < -0.4 is 11.1 Å². The topological polar surface area (TPSA) is 38.0 Å². The van der Waals surface area contributed by atoms with Gasteiger partial charge in [0, 0.05) is 11.4 Å². The molecule has 1 aliphatic carbocycles. The van der Waals surface area contributed by atoms with Gasteiger partial charge in [0.2, 0.25) is 0 Å². The Morgan fingerprint density at radius 2 is 2.31 bits per heavy atom. The van der Waals surface area contributed by atoms with Crippen LogP contribution in [-0.2, 0) is 6.42 Å². The number of thiophene rings is 1. The second kappa shape index (κ2) is 5.30. The Kier molecular flexibility index (Phi) is 4.00. The van der Waals surface area contributed by atoms with Crippen LogP contribution in [0.5, 0.6) is 0 Å². The number of aryl methyl sites for hydroxylation is 1. The first kappa shape index (κ1) is 12.1. The molecule has 0 bridgehead atoms. The van der Waals surface area contributed by atoms with Gasteiger partial charge in [-0.2, -0.15) is 0 Å². The van der Waals surface area contributed by atoms with E-state index in [0.717, 1.165) is 26.1 Å². The van der Waals surface area contributed by atoms with Gasteiger partial charge in [-0.25, -0.2) is 0 Å². The predicted molar refractivity (Wildman–Crippen MR) is 71.0 cm³/mol. The van der Waals surface area contributed by atoms with Crippen LogP contribution in [0.1, 0.15) is 29.7 Å².